The summed E-state index contributed by atoms with van der Waals surface area (Å²) < 4.78 is 0. The fourth-order valence-electron chi connectivity index (χ4n) is 2.99. The van der Waals surface area contributed by atoms with E-state index in [9.17, 15) is 4.79 Å². The van der Waals surface area contributed by atoms with E-state index in [1.54, 1.807) is 0 Å². The maximum absolute atomic E-state index is 12.3. The second-order valence-electron chi connectivity index (χ2n) is 6.67. The van der Waals surface area contributed by atoms with Crippen LogP contribution in [0.3, 0.4) is 0 Å². The number of thiazole rings is 1. The van der Waals surface area contributed by atoms with Gasteiger partial charge in [0.05, 0.1) is 11.6 Å². The second-order valence-corrected chi connectivity index (χ2v) is 7.52. The standard InChI is InChI=1S/C14H21N3OS/c1-14(2,3)11-7-19-13(16-11)17-12(18)9-6-8-4-5-10(9)15-8/h7-10,15H,4-6H2,1-3H3,(H,16,17,18). The van der Waals surface area contributed by atoms with Crippen molar-refractivity contribution >= 4 is 22.4 Å². The Morgan fingerprint density at radius 2 is 2.26 bits per heavy atom. The van der Waals surface area contributed by atoms with E-state index in [4.69, 9.17) is 0 Å². The molecule has 2 N–H and O–H groups in total. The molecule has 104 valence electrons. The molecule has 1 amide bonds. The molecular weight excluding hydrogens is 258 g/mol. The largest absolute Gasteiger partial charge is 0.310 e. The van der Waals surface area contributed by atoms with Crippen molar-refractivity contribution in [1.82, 2.24) is 10.3 Å². The van der Waals surface area contributed by atoms with Crippen molar-refractivity contribution in [3.05, 3.63) is 11.1 Å². The lowest BCUT2D eigenvalue weighted by Crippen LogP contribution is -2.32. The summed E-state index contributed by atoms with van der Waals surface area (Å²) in [6.45, 7) is 6.40. The Morgan fingerprint density at radius 3 is 2.79 bits per heavy atom. The molecule has 2 aliphatic rings. The summed E-state index contributed by atoms with van der Waals surface area (Å²) in [4.78, 5) is 16.8. The fourth-order valence-corrected chi connectivity index (χ4v) is 3.93. The van der Waals surface area contributed by atoms with Crippen LogP contribution in [0.15, 0.2) is 5.38 Å². The monoisotopic (exact) mass is 279 g/mol. The van der Waals surface area contributed by atoms with Gasteiger partial charge < -0.3 is 10.6 Å². The molecule has 0 radical (unpaired) electrons. The summed E-state index contributed by atoms with van der Waals surface area (Å²) in [6, 6.07) is 0.939. The Morgan fingerprint density at radius 1 is 1.47 bits per heavy atom. The van der Waals surface area contributed by atoms with Crippen LogP contribution in [0.25, 0.3) is 0 Å². The van der Waals surface area contributed by atoms with E-state index in [-0.39, 0.29) is 17.2 Å². The van der Waals surface area contributed by atoms with E-state index in [0.717, 1.165) is 23.7 Å². The van der Waals surface area contributed by atoms with E-state index in [1.165, 1.54) is 17.8 Å². The Bertz CT molecular complexity index is 491. The summed E-state index contributed by atoms with van der Waals surface area (Å²) in [7, 11) is 0. The van der Waals surface area contributed by atoms with Gasteiger partial charge in [0, 0.05) is 22.9 Å². The van der Waals surface area contributed by atoms with Crippen LogP contribution in [0.2, 0.25) is 0 Å². The number of anilines is 1. The molecule has 0 aliphatic carbocycles. The average Bonchev–Trinajstić information content (AvgIpc) is 3.02. The molecule has 4 nitrogen and oxygen atoms in total. The minimum absolute atomic E-state index is 0.0352. The number of hydrogen-bond donors (Lipinski definition) is 2. The topological polar surface area (TPSA) is 54.0 Å². The first-order chi connectivity index (χ1) is 8.93. The van der Waals surface area contributed by atoms with Crippen LogP contribution in [0, 0.1) is 5.92 Å². The third kappa shape index (κ3) is 2.54. The van der Waals surface area contributed by atoms with Crippen molar-refractivity contribution in [2.24, 2.45) is 5.92 Å². The van der Waals surface area contributed by atoms with E-state index >= 15 is 0 Å². The van der Waals surface area contributed by atoms with Crippen LogP contribution >= 0.6 is 11.3 Å². The molecule has 1 aromatic heterocycles. The SMILES string of the molecule is CC(C)(C)c1csc(NC(=O)C2CC3CCC2N3)n1. The molecule has 3 atom stereocenters. The molecule has 2 bridgehead atoms. The summed E-state index contributed by atoms with van der Waals surface area (Å²) in [6.07, 6.45) is 3.34. The van der Waals surface area contributed by atoms with Crippen LogP contribution in [0.1, 0.15) is 45.7 Å². The highest BCUT2D eigenvalue weighted by atomic mass is 32.1. The number of aromatic nitrogens is 1. The van der Waals surface area contributed by atoms with Crippen LogP contribution in [0.5, 0.6) is 0 Å². The van der Waals surface area contributed by atoms with Crippen LogP contribution < -0.4 is 10.6 Å². The first kappa shape index (κ1) is 13.1. The molecule has 3 heterocycles. The molecule has 5 heteroatoms. The molecule has 3 rings (SSSR count). The van der Waals surface area contributed by atoms with Gasteiger partial charge in [-0.25, -0.2) is 4.98 Å². The zero-order valence-corrected chi connectivity index (χ0v) is 12.5. The number of fused-ring (bicyclic) bond motifs is 2. The minimum Gasteiger partial charge on any atom is -0.310 e. The number of hydrogen-bond acceptors (Lipinski definition) is 4. The molecule has 3 unspecified atom stereocenters. The zero-order valence-electron chi connectivity index (χ0n) is 11.7. The number of carbonyl (C=O) groups excluding carboxylic acids is 1. The van der Waals surface area contributed by atoms with E-state index < -0.39 is 0 Å². The smallest absolute Gasteiger partial charge is 0.230 e. The highest BCUT2D eigenvalue weighted by molar-refractivity contribution is 7.13. The first-order valence-corrected chi connectivity index (χ1v) is 7.84. The third-order valence-corrected chi connectivity index (χ3v) is 4.90. The third-order valence-electron chi connectivity index (χ3n) is 4.14. The number of carbonyl (C=O) groups is 1. The normalized spacial score (nSPS) is 29.7. The van der Waals surface area contributed by atoms with Crippen LogP contribution in [-0.4, -0.2) is 23.0 Å². The molecule has 0 saturated carbocycles. The molecule has 2 saturated heterocycles. The van der Waals surface area contributed by atoms with Crippen LogP contribution in [-0.2, 0) is 10.2 Å². The lowest BCUT2D eigenvalue weighted by atomic mass is 9.88. The van der Waals surface area contributed by atoms with Gasteiger partial charge in [-0.15, -0.1) is 11.3 Å². The Labute approximate surface area is 118 Å². The van der Waals surface area contributed by atoms with Crippen molar-refractivity contribution in [3.63, 3.8) is 0 Å². The zero-order chi connectivity index (χ0) is 13.6. The predicted molar refractivity (Wildman–Crippen MR) is 77.5 cm³/mol. The van der Waals surface area contributed by atoms with Crippen molar-refractivity contribution in [3.8, 4) is 0 Å². The number of amides is 1. The lowest BCUT2D eigenvalue weighted by Gasteiger charge is -2.18. The van der Waals surface area contributed by atoms with Gasteiger partial charge in [-0.1, -0.05) is 20.8 Å². The fraction of sp³-hybridized carbons (Fsp3) is 0.714. The molecule has 1 aromatic rings. The molecular formula is C14H21N3OS. The van der Waals surface area contributed by atoms with Gasteiger partial charge in [-0.3, -0.25) is 4.79 Å². The van der Waals surface area contributed by atoms with Gasteiger partial charge in [-0.05, 0) is 19.3 Å². The van der Waals surface area contributed by atoms with Crippen LogP contribution in [0.4, 0.5) is 5.13 Å². The quantitative estimate of drug-likeness (QED) is 0.874. The molecule has 19 heavy (non-hydrogen) atoms. The maximum atomic E-state index is 12.3. The summed E-state index contributed by atoms with van der Waals surface area (Å²) in [5, 5.41) is 9.26. The number of nitrogens with zero attached hydrogens (tertiary/aromatic N) is 1. The Balaban J connectivity index is 1.65. The van der Waals surface area contributed by atoms with Gasteiger partial charge in [0.15, 0.2) is 5.13 Å². The molecule has 0 spiro atoms. The van der Waals surface area contributed by atoms with Crippen molar-refractivity contribution in [2.45, 2.75) is 57.5 Å². The number of rotatable bonds is 2. The molecule has 2 fully saturated rings. The van der Waals surface area contributed by atoms with Gasteiger partial charge in [0.25, 0.3) is 0 Å². The lowest BCUT2D eigenvalue weighted by molar-refractivity contribution is -0.120. The summed E-state index contributed by atoms with van der Waals surface area (Å²) in [5.74, 6) is 0.259. The molecule has 0 aromatic carbocycles. The van der Waals surface area contributed by atoms with E-state index in [0.29, 0.717) is 12.1 Å². The minimum atomic E-state index is 0.0352. The van der Waals surface area contributed by atoms with E-state index in [2.05, 4.69) is 36.4 Å². The van der Waals surface area contributed by atoms with Gasteiger partial charge in [0.1, 0.15) is 0 Å². The van der Waals surface area contributed by atoms with Crippen molar-refractivity contribution in [2.75, 3.05) is 5.32 Å². The summed E-state index contributed by atoms with van der Waals surface area (Å²) >= 11 is 1.52. The van der Waals surface area contributed by atoms with E-state index in [1.807, 2.05) is 5.38 Å². The van der Waals surface area contributed by atoms with Crippen molar-refractivity contribution < 1.29 is 4.79 Å². The average molecular weight is 279 g/mol. The molecule has 2 aliphatic heterocycles. The predicted octanol–water partition coefficient (Wildman–Crippen LogP) is 2.52. The van der Waals surface area contributed by atoms with Gasteiger partial charge >= 0.3 is 0 Å². The highest BCUT2D eigenvalue weighted by Crippen LogP contribution is 2.34. The van der Waals surface area contributed by atoms with Gasteiger partial charge in [0.2, 0.25) is 5.91 Å². The Hall–Kier alpha value is -0.940. The number of nitrogens with one attached hydrogen (secondary N) is 2. The second kappa shape index (κ2) is 4.56. The first-order valence-electron chi connectivity index (χ1n) is 6.96. The highest BCUT2D eigenvalue weighted by Gasteiger charge is 2.42. The maximum Gasteiger partial charge on any atom is 0.230 e. The van der Waals surface area contributed by atoms with Gasteiger partial charge in [-0.2, -0.15) is 0 Å². The summed E-state index contributed by atoms with van der Waals surface area (Å²) in [5.41, 5.74) is 1.08. The van der Waals surface area contributed by atoms with Crippen molar-refractivity contribution in [1.29, 1.82) is 0 Å². The Kier molecular flexibility index (Phi) is 3.14.